The number of nitrogens with two attached hydrogens (primary N) is 1. The number of carbonyl (C=O) groups excluding carboxylic acids is 1. The Morgan fingerprint density at radius 2 is 2.17 bits per heavy atom. The zero-order valence-corrected chi connectivity index (χ0v) is 17.5. The van der Waals surface area contributed by atoms with Gasteiger partial charge < -0.3 is 34.3 Å². The van der Waals surface area contributed by atoms with Gasteiger partial charge in [-0.1, -0.05) is 6.92 Å². The van der Waals surface area contributed by atoms with Gasteiger partial charge in [0.2, 0.25) is 5.95 Å². The Kier molecular flexibility index (Phi) is 5.92. The van der Waals surface area contributed by atoms with Gasteiger partial charge in [0.05, 0.1) is 24.6 Å². The van der Waals surface area contributed by atoms with E-state index in [1.54, 1.807) is 13.8 Å². The molecule has 0 amide bonds. The summed E-state index contributed by atoms with van der Waals surface area (Å²) >= 11 is 0. The second kappa shape index (κ2) is 7.99. The number of hydrogen-bond acceptors (Lipinski definition) is 9. The number of carbonyl (C=O) groups is 1. The van der Waals surface area contributed by atoms with Crippen LogP contribution in [0.5, 0.6) is 0 Å². The van der Waals surface area contributed by atoms with Crippen molar-refractivity contribution in [3.8, 4) is 0 Å². The van der Waals surface area contributed by atoms with Gasteiger partial charge in [-0.3, -0.25) is 14.3 Å². The van der Waals surface area contributed by atoms with E-state index in [0.29, 0.717) is 6.42 Å². The van der Waals surface area contributed by atoms with Gasteiger partial charge in [0.15, 0.2) is 17.0 Å². The molecule has 1 aliphatic rings. The molecule has 3 atom stereocenters. The van der Waals surface area contributed by atoms with Gasteiger partial charge in [-0.05, 0) is 26.2 Å². The van der Waals surface area contributed by atoms with Crippen molar-refractivity contribution in [1.29, 1.82) is 0 Å². The SMILES string of the molecule is CC(C)OC(=O)OCC(OC1(Cn2cnc3c(=O)[nH]c(N)nc32)CC1C)P(=O)(O)O. The Morgan fingerprint density at radius 1 is 1.50 bits per heavy atom. The molecule has 1 aliphatic carbocycles. The maximum Gasteiger partial charge on any atom is 0.508 e. The molecule has 0 aromatic carbocycles. The molecular formula is C16H24N5O8P. The lowest BCUT2D eigenvalue weighted by molar-refractivity contribution is -0.0544. The van der Waals surface area contributed by atoms with Crippen LogP contribution in [0.3, 0.4) is 0 Å². The topological polar surface area (TPSA) is 192 Å². The highest BCUT2D eigenvalue weighted by Gasteiger charge is 2.56. The minimum absolute atomic E-state index is 0.0639. The molecule has 0 spiro atoms. The minimum atomic E-state index is -4.77. The van der Waals surface area contributed by atoms with Crippen molar-refractivity contribution in [2.75, 3.05) is 12.3 Å². The minimum Gasteiger partial charge on any atom is -0.432 e. The first-order valence-electron chi connectivity index (χ1n) is 9.18. The highest BCUT2D eigenvalue weighted by molar-refractivity contribution is 7.52. The highest BCUT2D eigenvalue weighted by Crippen LogP contribution is 2.53. The fourth-order valence-corrected chi connectivity index (χ4v) is 3.71. The van der Waals surface area contributed by atoms with Crippen molar-refractivity contribution < 1.29 is 33.4 Å². The summed E-state index contributed by atoms with van der Waals surface area (Å²) in [6.07, 6.45) is 0.368. The fourth-order valence-electron chi connectivity index (χ4n) is 3.09. The number of aromatic amines is 1. The average molecular weight is 445 g/mol. The first kappa shape index (κ1) is 22.2. The van der Waals surface area contributed by atoms with Crippen LogP contribution >= 0.6 is 7.60 Å². The Labute approximate surface area is 170 Å². The van der Waals surface area contributed by atoms with E-state index >= 15 is 0 Å². The molecular weight excluding hydrogens is 421 g/mol. The van der Waals surface area contributed by atoms with Crippen molar-refractivity contribution >= 4 is 30.9 Å². The molecule has 166 valence electrons. The van der Waals surface area contributed by atoms with Crippen molar-refractivity contribution in [2.45, 2.75) is 51.3 Å². The number of H-pyrrole nitrogens is 1. The molecule has 13 nitrogen and oxygen atoms in total. The molecule has 0 bridgehead atoms. The molecule has 2 heterocycles. The third-order valence-electron chi connectivity index (χ3n) is 4.74. The third-order valence-corrected chi connectivity index (χ3v) is 5.75. The number of imidazole rings is 1. The van der Waals surface area contributed by atoms with Crippen LogP contribution in [-0.2, 0) is 25.3 Å². The van der Waals surface area contributed by atoms with Crippen LogP contribution in [0.4, 0.5) is 10.7 Å². The molecule has 0 radical (unpaired) electrons. The van der Waals surface area contributed by atoms with Gasteiger partial charge in [0.25, 0.3) is 5.56 Å². The first-order chi connectivity index (χ1) is 13.9. The van der Waals surface area contributed by atoms with Crippen molar-refractivity contribution in [1.82, 2.24) is 19.5 Å². The van der Waals surface area contributed by atoms with E-state index in [0.717, 1.165) is 0 Å². The largest absolute Gasteiger partial charge is 0.508 e. The van der Waals surface area contributed by atoms with Crippen LogP contribution < -0.4 is 11.3 Å². The second-order valence-corrected chi connectivity index (χ2v) is 9.31. The number of aromatic nitrogens is 4. The van der Waals surface area contributed by atoms with E-state index in [9.17, 15) is 23.9 Å². The van der Waals surface area contributed by atoms with Crippen LogP contribution in [0.1, 0.15) is 27.2 Å². The monoisotopic (exact) mass is 445 g/mol. The lowest BCUT2D eigenvalue weighted by Crippen LogP contribution is -2.33. The number of hydrogen-bond donors (Lipinski definition) is 4. The van der Waals surface area contributed by atoms with Gasteiger partial charge >= 0.3 is 13.8 Å². The summed E-state index contributed by atoms with van der Waals surface area (Å²) in [6, 6.07) is 0. The molecule has 5 N–H and O–H groups in total. The maximum atomic E-state index is 11.9. The van der Waals surface area contributed by atoms with Gasteiger partial charge in [-0.2, -0.15) is 4.98 Å². The molecule has 1 fully saturated rings. The Bertz CT molecular complexity index is 1050. The number of nitrogen functional groups attached to an aromatic ring is 1. The van der Waals surface area contributed by atoms with Crippen LogP contribution in [-0.4, -0.2) is 59.6 Å². The lowest BCUT2D eigenvalue weighted by Gasteiger charge is -2.26. The Hall–Kier alpha value is -2.47. The van der Waals surface area contributed by atoms with Crippen molar-refractivity contribution in [3.05, 3.63) is 16.7 Å². The molecule has 30 heavy (non-hydrogen) atoms. The third kappa shape index (κ3) is 4.81. The second-order valence-electron chi connectivity index (χ2n) is 7.56. The summed E-state index contributed by atoms with van der Waals surface area (Å²) in [6.45, 7) is 4.51. The molecule has 1 saturated carbocycles. The van der Waals surface area contributed by atoms with Gasteiger partial charge in [-0.15, -0.1) is 0 Å². The predicted octanol–water partition coefficient (Wildman–Crippen LogP) is 0.562. The smallest absolute Gasteiger partial charge is 0.432 e. The van der Waals surface area contributed by atoms with Crippen molar-refractivity contribution in [3.63, 3.8) is 0 Å². The highest BCUT2D eigenvalue weighted by atomic mass is 31.2. The number of nitrogens with one attached hydrogen (secondary N) is 1. The molecule has 14 heteroatoms. The van der Waals surface area contributed by atoms with Gasteiger partial charge in [-0.25, -0.2) is 9.78 Å². The zero-order chi connectivity index (χ0) is 22.3. The Morgan fingerprint density at radius 3 is 2.73 bits per heavy atom. The van der Waals surface area contributed by atoms with E-state index in [2.05, 4.69) is 15.0 Å². The van der Waals surface area contributed by atoms with Gasteiger partial charge in [0.1, 0.15) is 6.61 Å². The Balaban J connectivity index is 1.79. The fraction of sp³-hybridized carbons (Fsp3) is 0.625. The molecule has 2 aromatic rings. The summed E-state index contributed by atoms with van der Waals surface area (Å²) in [7, 11) is -4.77. The van der Waals surface area contributed by atoms with Gasteiger partial charge in [0, 0.05) is 0 Å². The van der Waals surface area contributed by atoms with Crippen LogP contribution in [0.2, 0.25) is 0 Å². The number of fused-ring (bicyclic) bond motifs is 1. The summed E-state index contributed by atoms with van der Waals surface area (Å²) in [5.41, 5.74) is 4.44. The van der Waals surface area contributed by atoms with Crippen LogP contribution in [0.25, 0.3) is 11.2 Å². The number of anilines is 1. The number of nitrogens with zero attached hydrogens (tertiary/aromatic N) is 3. The van der Waals surface area contributed by atoms with Crippen LogP contribution in [0, 0.1) is 5.92 Å². The summed E-state index contributed by atoms with van der Waals surface area (Å²) in [5, 5.41) is 0. The maximum absolute atomic E-state index is 11.9. The first-order valence-corrected chi connectivity index (χ1v) is 10.9. The summed E-state index contributed by atoms with van der Waals surface area (Å²) in [4.78, 5) is 53.3. The normalized spacial score (nSPS) is 22.3. The molecule has 2 aromatic heterocycles. The lowest BCUT2D eigenvalue weighted by atomic mass is 10.2. The van der Waals surface area contributed by atoms with E-state index in [-0.39, 0.29) is 29.6 Å². The van der Waals surface area contributed by atoms with Crippen LogP contribution in [0.15, 0.2) is 11.1 Å². The quantitative estimate of drug-likeness (QED) is 0.328. The average Bonchev–Trinajstić information content (AvgIpc) is 3.03. The standard InChI is InChI=1S/C16H24N5O8P/c1-8(2)28-15(23)27-5-10(30(24,25)26)29-16(4-9(16)3)6-21-7-18-11-12(21)19-14(17)20-13(11)22/h7-10H,4-6H2,1-3H3,(H2,24,25,26)(H3,17,19,20,22). The molecule has 3 rings (SSSR count). The zero-order valence-electron chi connectivity index (χ0n) is 16.6. The van der Waals surface area contributed by atoms with E-state index in [1.807, 2.05) is 6.92 Å². The summed E-state index contributed by atoms with van der Waals surface area (Å²) < 4.78 is 28.9. The number of rotatable bonds is 8. The number of ether oxygens (including phenoxy) is 3. The summed E-state index contributed by atoms with van der Waals surface area (Å²) in [5.74, 6) is -1.83. The van der Waals surface area contributed by atoms with Crippen molar-refractivity contribution in [2.24, 2.45) is 5.92 Å². The molecule has 3 unspecified atom stereocenters. The predicted molar refractivity (Wildman–Crippen MR) is 104 cm³/mol. The van der Waals surface area contributed by atoms with E-state index in [4.69, 9.17) is 19.9 Å². The molecule has 0 saturated heterocycles. The van der Waals surface area contributed by atoms with E-state index < -0.39 is 43.5 Å². The molecule has 0 aliphatic heterocycles. The van der Waals surface area contributed by atoms with E-state index in [1.165, 1.54) is 10.9 Å².